The molecule has 6 nitrogen and oxygen atoms in total. The van der Waals surface area contributed by atoms with Gasteiger partial charge < -0.3 is 25.0 Å². The number of pyridine rings is 1. The van der Waals surface area contributed by atoms with Gasteiger partial charge in [0.1, 0.15) is 11.6 Å². The molecule has 0 aliphatic rings. The molecule has 2 heterocycles. The van der Waals surface area contributed by atoms with E-state index in [1.165, 1.54) is 5.56 Å². The van der Waals surface area contributed by atoms with Gasteiger partial charge in [0.25, 0.3) is 0 Å². The van der Waals surface area contributed by atoms with Gasteiger partial charge >= 0.3 is 0 Å². The van der Waals surface area contributed by atoms with Gasteiger partial charge in [0, 0.05) is 41.0 Å². The standard InChI is InChI=1S/C24H30N4O2/c1-5-28(6-2)14-16(29)13-26-24-21-12-20-19-11-17(30-4)7-8-22(19)27-23(20)15(3)18(21)9-10-25-24/h7-12,16,27,29H,5-6,13-14H2,1-4H3,(H,25,26). The summed E-state index contributed by atoms with van der Waals surface area (Å²) in [4.78, 5) is 10.3. The van der Waals surface area contributed by atoms with Gasteiger partial charge in [-0.15, -0.1) is 0 Å². The predicted molar refractivity (Wildman–Crippen MR) is 125 cm³/mol. The molecule has 4 rings (SSSR count). The molecule has 158 valence electrons. The first-order valence-electron chi connectivity index (χ1n) is 10.6. The fourth-order valence-electron chi connectivity index (χ4n) is 4.19. The Hall–Kier alpha value is -2.83. The fraction of sp³-hybridized carbons (Fsp3) is 0.375. The van der Waals surface area contributed by atoms with Crippen molar-refractivity contribution in [2.45, 2.75) is 26.9 Å². The van der Waals surface area contributed by atoms with Crippen molar-refractivity contribution in [3.63, 3.8) is 0 Å². The van der Waals surface area contributed by atoms with E-state index in [9.17, 15) is 5.11 Å². The molecule has 0 radical (unpaired) electrons. The maximum atomic E-state index is 10.5. The first-order chi connectivity index (χ1) is 14.5. The summed E-state index contributed by atoms with van der Waals surface area (Å²) in [5.74, 6) is 1.64. The lowest BCUT2D eigenvalue weighted by Gasteiger charge is -2.22. The molecular weight excluding hydrogens is 376 g/mol. The minimum atomic E-state index is -0.455. The number of aliphatic hydroxyl groups excluding tert-OH is 1. The highest BCUT2D eigenvalue weighted by molar-refractivity contribution is 6.15. The number of rotatable bonds is 8. The van der Waals surface area contributed by atoms with Crippen molar-refractivity contribution in [2.24, 2.45) is 0 Å². The summed E-state index contributed by atoms with van der Waals surface area (Å²) in [5, 5.41) is 18.3. The number of fused-ring (bicyclic) bond motifs is 4. The van der Waals surface area contributed by atoms with Crippen molar-refractivity contribution in [3.05, 3.63) is 42.1 Å². The van der Waals surface area contributed by atoms with Gasteiger partial charge in [-0.25, -0.2) is 4.98 Å². The van der Waals surface area contributed by atoms with E-state index in [2.05, 4.69) is 59.2 Å². The summed E-state index contributed by atoms with van der Waals surface area (Å²) in [6.07, 6.45) is 1.37. The fourth-order valence-corrected chi connectivity index (χ4v) is 4.19. The summed E-state index contributed by atoms with van der Waals surface area (Å²) < 4.78 is 5.43. The molecule has 0 saturated carbocycles. The Morgan fingerprint density at radius 2 is 1.90 bits per heavy atom. The number of anilines is 1. The third kappa shape index (κ3) is 3.68. The number of methoxy groups -OCH3 is 1. The van der Waals surface area contributed by atoms with Crippen LogP contribution < -0.4 is 10.1 Å². The van der Waals surface area contributed by atoms with Crippen LogP contribution in [-0.2, 0) is 0 Å². The Bertz CT molecular complexity index is 1180. The van der Waals surface area contributed by atoms with Gasteiger partial charge in [-0.2, -0.15) is 0 Å². The molecule has 4 aromatic rings. The summed E-state index contributed by atoms with van der Waals surface area (Å²) in [5.41, 5.74) is 3.40. The highest BCUT2D eigenvalue weighted by Gasteiger charge is 2.15. The van der Waals surface area contributed by atoms with Crippen LogP contribution in [0.3, 0.4) is 0 Å². The summed E-state index contributed by atoms with van der Waals surface area (Å²) in [6.45, 7) is 9.33. The van der Waals surface area contributed by atoms with Crippen molar-refractivity contribution in [2.75, 3.05) is 38.6 Å². The lowest BCUT2D eigenvalue weighted by Crippen LogP contribution is -2.36. The van der Waals surface area contributed by atoms with Crippen molar-refractivity contribution in [1.82, 2.24) is 14.9 Å². The number of likely N-dealkylation sites (N-methyl/N-ethyl adjacent to an activating group) is 1. The minimum Gasteiger partial charge on any atom is -0.497 e. The smallest absolute Gasteiger partial charge is 0.133 e. The number of aromatic nitrogens is 2. The number of H-pyrrole nitrogens is 1. The number of ether oxygens (including phenoxy) is 1. The monoisotopic (exact) mass is 406 g/mol. The van der Waals surface area contributed by atoms with Gasteiger partial charge in [0.05, 0.1) is 18.7 Å². The molecular formula is C24H30N4O2. The normalized spacial score (nSPS) is 12.9. The van der Waals surface area contributed by atoms with E-state index in [1.807, 2.05) is 18.3 Å². The van der Waals surface area contributed by atoms with Crippen molar-refractivity contribution < 1.29 is 9.84 Å². The van der Waals surface area contributed by atoms with Crippen LogP contribution in [0.5, 0.6) is 5.75 Å². The van der Waals surface area contributed by atoms with E-state index in [4.69, 9.17) is 4.74 Å². The first kappa shape index (κ1) is 20.4. The first-order valence-corrected chi connectivity index (χ1v) is 10.6. The van der Waals surface area contributed by atoms with E-state index in [1.54, 1.807) is 7.11 Å². The number of hydrogen-bond donors (Lipinski definition) is 3. The van der Waals surface area contributed by atoms with Gasteiger partial charge in [-0.1, -0.05) is 13.8 Å². The van der Waals surface area contributed by atoms with Crippen LogP contribution >= 0.6 is 0 Å². The average Bonchev–Trinajstić information content (AvgIpc) is 3.14. The van der Waals surface area contributed by atoms with Crippen LogP contribution in [0.4, 0.5) is 5.82 Å². The summed E-state index contributed by atoms with van der Waals surface area (Å²) in [6, 6.07) is 10.3. The molecule has 0 spiro atoms. The Morgan fingerprint density at radius 3 is 2.63 bits per heavy atom. The molecule has 2 aromatic carbocycles. The second-order valence-corrected chi connectivity index (χ2v) is 7.74. The second-order valence-electron chi connectivity index (χ2n) is 7.74. The molecule has 1 unspecified atom stereocenters. The van der Waals surface area contributed by atoms with E-state index in [-0.39, 0.29) is 0 Å². The number of hydrogen-bond acceptors (Lipinski definition) is 5. The Kier molecular flexibility index (Phi) is 5.79. The van der Waals surface area contributed by atoms with Gasteiger partial charge in [0.2, 0.25) is 0 Å². The van der Waals surface area contributed by atoms with Gasteiger partial charge in [0.15, 0.2) is 0 Å². The van der Waals surface area contributed by atoms with Crippen LogP contribution in [0.25, 0.3) is 32.6 Å². The molecule has 6 heteroatoms. The number of aryl methyl sites for hydroxylation is 1. The average molecular weight is 407 g/mol. The zero-order chi connectivity index (χ0) is 21.3. The molecule has 3 N–H and O–H groups in total. The van der Waals surface area contributed by atoms with E-state index >= 15 is 0 Å². The zero-order valence-electron chi connectivity index (χ0n) is 18.1. The van der Waals surface area contributed by atoms with Crippen molar-refractivity contribution in [3.8, 4) is 5.75 Å². The lowest BCUT2D eigenvalue weighted by molar-refractivity contribution is 0.128. The van der Waals surface area contributed by atoms with E-state index in [0.29, 0.717) is 13.1 Å². The van der Waals surface area contributed by atoms with Gasteiger partial charge in [-0.3, -0.25) is 0 Å². The molecule has 30 heavy (non-hydrogen) atoms. The molecule has 1 atom stereocenters. The highest BCUT2D eigenvalue weighted by Crippen LogP contribution is 2.36. The second kappa shape index (κ2) is 8.50. The number of aliphatic hydroxyl groups is 1. The molecule has 0 aliphatic carbocycles. The van der Waals surface area contributed by atoms with Crippen molar-refractivity contribution >= 4 is 38.4 Å². The maximum Gasteiger partial charge on any atom is 0.133 e. The molecule has 0 saturated heterocycles. The Labute approximate surface area is 176 Å². The topological polar surface area (TPSA) is 73.4 Å². The van der Waals surface area contributed by atoms with E-state index < -0.39 is 6.10 Å². The predicted octanol–water partition coefficient (Wildman–Crippen LogP) is 4.30. The number of benzene rings is 2. The number of nitrogens with zero attached hydrogens (tertiary/aromatic N) is 2. The molecule has 0 aliphatic heterocycles. The minimum absolute atomic E-state index is 0.455. The van der Waals surface area contributed by atoms with Crippen LogP contribution in [0.15, 0.2) is 36.5 Å². The summed E-state index contributed by atoms with van der Waals surface area (Å²) in [7, 11) is 1.69. The van der Waals surface area contributed by atoms with Crippen molar-refractivity contribution in [1.29, 1.82) is 0 Å². The quantitative estimate of drug-likeness (QED) is 0.407. The lowest BCUT2D eigenvalue weighted by atomic mass is 10.0. The Balaban J connectivity index is 1.74. The molecule has 2 aromatic heterocycles. The number of nitrogens with one attached hydrogen (secondary N) is 2. The molecule has 0 bridgehead atoms. The zero-order valence-corrected chi connectivity index (χ0v) is 18.1. The molecule has 0 amide bonds. The summed E-state index contributed by atoms with van der Waals surface area (Å²) >= 11 is 0. The largest absolute Gasteiger partial charge is 0.497 e. The van der Waals surface area contributed by atoms with Gasteiger partial charge in [-0.05, 0) is 61.3 Å². The maximum absolute atomic E-state index is 10.5. The van der Waals surface area contributed by atoms with Crippen LogP contribution in [0.2, 0.25) is 0 Å². The SMILES string of the molecule is CCN(CC)CC(O)CNc1nccc2c(C)c3[nH]c4ccc(OC)cc4c3cc12. The Morgan fingerprint density at radius 1 is 1.10 bits per heavy atom. The van der Waals surface area contributed by atoms with E-state index in [0.717, 1.165) is 57.2 Å². The molecule has 0 fully saturated rings. The van der Waals surface area contributed by atoms with Crippen LogP contribution in [0.1, 0.15) is 19.4 Å². The third-order valence-electron chi connectivity index (χ3n) is 5.97. The third-order valence-corrected chi connectivity index (χ3v) is 5.97. The highest BCUT2D eigenvalue weighted by atomic mass is 16.5. The van der Waals surface area contributed by atoms with Crippen LogP contribution in [0, 0.1) is 6.92 Å². The number of aromatic amines is 1. The van der Waals surface area contributed by atoms with Crippen LogP contribution in [-0.4, -0.2) is 59.4 Å².